The van der Waals surface area contributed by atoms with Gasteiger partial charge in [-0.3, -0.25) is 14.5 Å². The standard InChI is InChI=1S/C16H11NO3S3/c18-14(19)9-17-15(20)13(23-16(17)21)8-11-6-7-12(22-11)10-4-2-1-3-5-10/h1-8H,9H2,(H,18,19)/b13-8-. The van der Waals surface area contributed by atoms with Gasteiger partial charge in [-0.2, -0.15) is 0 Å². The number of carboxylic acid groups (broad SMARTS) is 1. The van der Waals surface area contributed by atoms with Crippen LogP contribution in [0.2, 0.25) is 0 Å². The van der Waals surface area contributed by atoms with E-state index in [1.165, 1.54) is 0 Å². The van der Waals surface area contributed by atoms with E-state index in [1.54, 1.807) is 17.4 Å². The first kappa shape index (κ1) is 15.9. The predicted octanol–water partition coefficient (Wildman–Crippen LogP) is 3.70. The lowest BCUT2D eigenvalue weighted by Gasteiger charge is -2.09. The van der Waals surface area contributed by atoms with Crippen molar-refractivity contribution in [2.45, 2.75) is 0 Å². The fraction of sp³-hybridized carbons (Fsp3) is 0.0625. The third-order valence-electron chi connectivity index (χ3n) is 3.13. The zero-order chi connectivity index (χ0) is 16.4. The summed E-state index contributed by atoms with van der Waals surface area (Å²) in [7, 11) is 0. The summed E-state index contributed by atoms with van der Waals surface area (Å²) in [6.07, 6.45) is 1.76. The van der Waals surface area contributed by atoms with Gasteiger partial charge >= 0.3 is 5.97 Å². The molecule has 0 unspecified atom stereocenters. The Morgan fingerprint density at radius 2 is 1.96 bits per heavy atom. The largest absolute Gasteiger partial charge is 0.480 e. The van der Waals surface area contributed by atoms with Crippen molar-refractivity contribution in [3.05, 3.63) is 52.2 Å². The number of benzene rings is 1. The van der Waals surface area contributed by atoms with Gasteiger partial charge in [0.1, 0.15) is 10.9 Å². The van der Waals surface area contributed by atoms with Gasteiger partial charge in [0.2, 0.25) is 0 Å². The second-order valence-electron chi connectivity index (χ2n) is 4.73. The predicted molar refractivity (Wildman–Crippen MR) is 97.3 cm³/mol. The van der Waals surface area contributed by atoms with Crippen LogP contribution in [0.3, 0.4) is 0 Å². The number of amides is 1. The van der Waals surface area contributed by atoms with Crippen LogP contribution in [-0.2, 0) is 9.59 Å². The van der Waals surface area contributed by atoms with Crippen molar-refractivity contribution in [1.82, 2.24) is 4.90 Å². The Hall–Kier alpha value is -1.96. The first-order chi connectivity index (χ1) is 11.0. The minimum Gasteiger partial charge on any atom is -0.480 e. The van der Waals surface area contributed by atoms with E-state index in [0.717, 1.165) is 32.0 Å². The summed E-state index contributed by atoms with van der Waals surface area (Å²) in [5, 5.41) is 8.83. The summed E-state index contributed by atoms with van der Waals surface area (Å²) in [5.74, 6) is -1.43. The van der Waals surface area contributed by atoms with Gasteiger partial charge in [-0.1, -0.05) is 54.3 Å². The highest BCUT2D eigenvalue weighted by Crippen LogP contribution is 2.35. The van der Waals surface area contributed by atoms with E-state index in [9.17, 15) is 9.59 Å². The lowest BCUT2D eigenvalue weighted by Crippen LogP contribution is -2.33. The molecule has 0 aliphatic carbocycles. The van der Waals surface area contributed by atoms with Crippen molar-refractivity contribution >= 4 is 57.6 Å². The van der Waals surface area contributed by atoms with Crippen LogP contribution in [0.15, 0.2) is 47.4 Å². The monoisotopic (exact) mass is 361 g/mol. The molecule has 4 nitrogen and oxygen atoms in total. The quantitative estimate of drug-likeness (QED) is 0.665. The minimum absolute atomic E-state index is 0.281. The first-order valence-corrected chi connectivity index (χ1v) is 8.71. The third-order valence-corrected chi connectivity index (χ3v) is 5.58. The van der Waals surface area contributed by atoms with Crippen LogP contribution in [0.1, 0.15) is 4.88 Å². The number of thioether (sulfide) groups is 1. The fourth-order valence-corrected chi connectivity index (χ4v) is 4.37. The third kappa shape index (κ3) is 3.52. The molecule has 7 heteroatoms. The maximum Gasteiger partial charge on any atom is 0.323 e. The lowest BCUT2D eigenvalue weighted by molar-refractivity contribution is -0.140. The van der Waals surface area contributed by atoms with Crippen molar-refractivity contribution in [2.24, 2.45) is 0 Å². The summed E-state index contributed by atoms with van der Waals surface area (Å²) >= 11 is 7.79. The second-order valence-corrected chi connectivity index (χ2v) is 7.52. The van der Waals surface area contributed by atoms with Gasteiger partial charge < -0.3 is 5.11 Å². The lowest BCUT2D eigenvalue weighted by atomic mass is 10.2. The number of carbonyl (C=O) groups excluding carboxylic acids is 1. The average molecular weight is 361 g/mol. The molecular formula is C16H11NO3S3. The summed E-state index contributed by atoms with van der Waals surface area (Å²) in [4.78, 5) is 26.6. The van der Waals surface area contributed by atoms with Gasteiger partial charge in [-0.05, 0) is 23.8 Å². The Morgan fingerprint density at radius 1 is 1.22 bits per heavy atom. The van der Waals surface area contributed by atoms with Gasteiger partial charge in [-0.15, -0.1) is 11.3 Å². The molecule has 3 rings (SSSR count). The molecule has 0 spiro atoms. The topological polar surface area (TPSA) is 57.6 Å². The Kier molecular flexibility index (Phi) is 4.61. The number of thiophene rings is 1. The second kappa shape index (κ2) is 6.66. The van der Waals surface area contributed by atoms with Crippen LogP contribution >= 0.6 is 35.3 Å². The Balaban J connectivity index is 1.83. The molecule has 1 aromatic heterocycles. The highest BCUT2D eigenvalue weighted by atomic mass is 32.2. The average Bonchev–Trinajstić information content (AvgIpc) is 3.09. The summed E-state index contributed by atoms with van der Waals surface area (Å²) in [6.45, 7) is -0.401. The van der Waals surface area contributed by atoms with E-state index in [1.807, 2.05) is 42.5 Å². The number of nitrogens with zero attached hydrogens (tertiary/aromatic N) is 1. The van der Waals surface area contributed by atoms with Crippen molar-refractivity contribution in [3.8, 4) is 10.4 Å². The molecule has 2 aromatic rings. The SMILES string of the molecule is O=C(O)CN1C(=O)/C(=C/c2ccc(-c3ccccc3)s2)SC1=S. The number of carboxylic acids is 1. The van der Waals surface area contributed by atoms with E-state index >= 15 is 0 Å². The maximum absolute atomic E-state index is 12.2. The fourth-order valence-electron chi connectivity index (χ4n) is 2.09. The zero-order valence-corrected chi connectivity index (χ0v) is 14.2. The molecule has 1 N–H and O–H groups in total. The zero-order valence-electron chi connectivity index (χ0n) is 11.8. The number of thiocarbonyl (C=S) groups is 1. The highest BCUT2D eigenvalue weighted by Gasteiger charge is 2.33. The molecule has 1 fully saturated rings. The molecule has 1 amide bonds. The van der Waals surface area contributed by atoms with E-state index in [2.05, 4.69) is 0 Å². The van der Waals surface area contributed by atoms with Gasteiger partial charge in [0.05, 0.1) is 4.91 Å². The van der Waals surface area contributed by atoms with E-state index in [4.69, 9.17) is 17.3 Å². The van der Waals surface area contributed by atoms with Crippen LogP contribution in [0.5, 0.6) is 0 Å². The molecule has 0 bridgehead atoms. The minimum atomic E-state index is -1.08. The molecule has 2 heterocycles. The van der Waals surface area contributed by atoms with E-state index in [0.29, 0.717) is 4.91 Å². The molecule has 23 heavy (non-hydrogen) atoms. The number of aliphatic carboxylic acids is 1. The molecule has 1 aliphatic heterocycles. The van der Waals surface area contributed by atoms with Crippen LogP contribution in [0.4, 0.5) is 0 Å². The summed E-state index contributed by atoms with van der Waals surface area (Å²) < 4.78 is 0.281. The maximum atomic E-state index is 12.2. The van der Waals surface area contributed by atoms with Crippen LogP contribution in [0.25, 0.3) is 16.5 Å². The van der Waals surface area contributed by atoms with Crippen molar-refractivity contribution in [1.29, 1.82) is 0 Å². The molecule has 0 radical (unpaired) electrons. The van der Waals surface area contributed by atoms with Crippen LogP contribution in [-0.4, -0.2) is 32.7 Å². The van der Waals surface area contributed by atoms with E-state index < -0.39 is 12.5 Å². The number of carbonyl (C=O) groups is 2. The van der Waals surface area contributed by atoms with Crippen molar-refractivity contribution < 1.29 is 14.7 Å². The van der Waals surface area contributed by atoms with Crippen molar-refractivity contribution in [2.75, 3.05) is 6.54 Å². The molecule has 116 valence electrons. The molecule has 0 atom stereocenters. The molecule has 1 aromatic carbocycles. The summed E-state index contributed by atoms with van der Waals surface area (Å²) in [5.41, 5.74) is 1.12. The number of rotatable bonds is 4. The smallest absolute Gasteiger partial charge is 0.323 e. The first-order valence-electron chi connectivity index (χ1n) is 6.67. The molecule has 0 saturated carbocycles. The normalized spacial score (nSPS) is 16.3. The molecular weight excluding hydrogens is 350 g/mol. The van der Waals surface area contributed by atoms with Gasteiger partial charge in [0.25, 0.3) is 5.91 Å². The Bertz CT molecular complexity index is 811. The molecule has 1 aliphatic rings. The van der Waals surface area contributed by atoms with Crippen molar-refractivity contribution in [3.63, 3.8) is 0 Å². The highest BCUT2D eigenvalue weighted by molar-refractivity contribution is 8.26. The van der Waals surface area contributed by atoms with Crippen LogP contribution < -0.4 is 0 Å². The molecule has 1 saturated heterocycles. The van der Waals surface area contributed by atoms with E-state index in [-0.39, 0.29) is 10.2 Å². The van der Waals surface area contributed by atoms with Crippen LogP contribution in [0, 0.1) is 0 Å². The Morgan fingerprint density at radius 3 is 2.65 bits per heavy atom. The number of hydrogen-bond donors (Lipinski definition) is 1. The summed E-state index contributed by atoms with van der Waals surface area (Å²) in [6, 6.07) is 13.9. The van der Waals surface area contributed by atoms with Gasteiger partial charge in [0.15, 0.2) is 0 Å². The Labute approximate surface area is 146 Å². The number of hydrogen-bond acceptors (Lipinski definition) is 5. The van der Waals surface area contributed by atoms with Gasteiger partial charge in [0, 0.05) is 9.75 Å². The van der Waals surface area contributed by atoms with Gasteiger partial charge in [-0.25, -0.2) is 0 Å².